The van der Waals surface area contributed by atoms with Gasteiger partial charge in [-0.15, -0.1) is 11.3 Å². The van der Waals surface area contributed by atoms with Gasteiger partial charge in [-0.2, -0.15) is 0 Å². The summed E-state index contributed by atoms with van der Waals surface area (Å²) in [6, 6.07) is 1.48. The van der Waals surface area contributed by atoms with Crippen LogP contribution in [0.3, 0.4) is 0 Å². The van der Waals surface area contributed by atoms with Crippen LogP contribution < -0.4 is 5.73 Å². The van der Waals surface area contributed by atoms with Crippen molar-refractivity contribution in [3.8, 4) is 0 Å². The molecule has 0 aromatic carbocycles. The van der Waals surface area contributed by atoms with Crippen LogP contribution in [0.2, 0.25) is 0 Å². The molecule has 0 radical (unpaired) electrons. The Morgan fingerprint density at radius 1 is 1.11 bits per heavy atom. The predicted molar refractivity (Wildman–Crippen MR) is 74.8 cm³/mol. The van der Waals surface area contributed by atoms with E-state index in [0.717, 1.165) is 11.2 Å². The highest BCUT2D eigenvalue weighted by Crippen LogP contribution is 2.51. The summed E-state index contributed by atoms with van der Waals surface area (Å²) >= 11 is 1.75. The summed E-state index contributed by atoms with van der Waals surface area (Å²) in [5.41, 5.74) is 7.27. The fourth-order valence-corrected chi connectivity index (χ4v) is 5.29. The summed E-state index contributed by atoms with van der Waals surface area (Å²) in [7, 11) is 0. The Morgan fingerprint density at radius 2 is 1.94 bits per heavy atom. The van der Waals surface area contributed by atoms with E-state index in [9.17, 15) is 0 Å². The zero-order valence-corrected chi connectivity index (χ0v) is 11.6. The van der Waals surface area contributed by atoms with Crippen molar-refractivity contribution in [3.63, 3.8) is 0 Å². The van der Waals surface area contributed by atoms with E-state index in [-0.39, 0.29) is 0 Å². The molecule has 3 nitrogen and oxygen atoms in total. The zero-order chi connectivity index (χ0) is 12.1. The fourth-order valence-electron chi connectivity index (χ4n) is 4.21. The van der Waals surface area contributed by atoms with Crippen molar-refractivity contribution in [2.24, 2.45) is 0 Å². The Balaban J connectivity index is 1.65. The van der Waals surface area contributed by atoms with Gasteiger partial charge in [-0.3, -0.25) is 4.90 Å². The van der Waals surface area contributed by atoms with Crippen LogP contribution in [0, 0.1) is 0 Å². The number of piperidine rings is 1. The average molecular weight is 263 g/mol. The Bertz CT molecular complexity index is 450. The normalized spacial score (nSPS) is 32.7. The standard InChI is InChI=1S/C14H21N3S/c15-14-16-12-9-6-7-11(13(12)18-14)17(8-9)10-4-2-1-3-5-10/h9-11H,1-8H2,(H2,15,16). The van der Waals surface area contributed by atoms with E-state index < -0.39 is 0 Å². The first-order chi connectivity index (χ1) is 8.83. The molecule has 2 aliphatic heterocycles. The summed E-state index contributed by atoms with van der Waals surface area (Å²) in [5, 5.41) is 0.780. The lowest BCUT2D eigenvalue weighted by Crippen LogP contribution is -2.48. The van der Waals surface area contributed by atoms with Gasteiger partial charge in [0.15, 0.2) is 5.13 Å². The van der Waals surface area contributed by atoms with Crippen molar-refractivity contribution in [1.82, 2.24) is 9.88 Å². The number of rotatable bonds is 1. The third-order valence-corrected chi connectivity index (χ3v) is 6.05. The second-order valence-corrected chi connectivity index (χ2v) is 7.14. The molecule has 2 fully saturated rings. The van der Waals surface area contributed by atoms with E-state index >= 15 is 0 Å². The molecule has 2 N–H and O–H groups in total. The lowest BCUT2D eigenvalue weighted by molar-refractivity contribution is 0.0485. The Morgan fingerprint density at radius 3 is 2.78 bits per heavy atom. The van der Waals surface area contributed by atoms with E-state index in [1.54, 1.807) is 11.3 Å². The quantitative estimate of drug-likeness (QED) is 0.845. The lowest BCUT2D eigenvalue weighted by Gasteiger charge is -2.48. The summed E-state index contributed by atoms with van der Waals surface area (Å²) in [6.45, 7) is 1.24. The average Bonchev–Trinajstić information content (AvgIpc) is 2.83. The summed E-state index contributed by atoms with van der Waals surface area (Å²) < 4.78 is 0. The molecule has 18 heavy (non-hydrogen) atoms. The number of anilines is 1. The molecular weight excluding hydrogens is 242 g/mol. The highest BCUT2D eigenvalue weighted by atomic mass is 32.1. The molecule has 98 valence electrons. The molecule has 0 spiro atoms. The molecular formula is C14H21N3S. The monoisotopic (exact) mass is 263 g/mol. The largest absolute Gasteiger partial charge is 0.375 e. The van der Waals surface area contributed by atoms with Crippen LogP contribution >= 0.6 is 11.3 Å². The molecule has 1 saturated carbocycles. The van der Waals surface area contributed by atoms with Gasteiger partial charge in [0, 0.05) is 29.4 Å². The zero-order valence-electron chi connectivity index (χ0n) is 10.8. The second-order valence-electron chi connectivity index (χ2n) is 6.08. The minimum absolute atomic E-state index is 0.642. The fraction of sp³-hybridized carbons (Fsp3) is 0.786. The van der Waals surface area contributed by atoms with E-state index in [2.05, 4.69) is 9.88 Å². The van der Waals surface area contributed by atoms with Crippen molar-refractivity contribution in [2.45, 2.75) is 62.9 Å². The van der Waals surface area contributed by atoms with Crippen LogP contribution in [0.5, 0.6) is 0 Å². The lowest BCUT2D eigenvalue weighted by atomic mass is 9.79. The first kappa shape index (κ1) is 11.2. The number of fused-ring (bicyclic) bond motifs is 2. The van der Waals surface area contributed by atoms with Gasteiger partial charge >= 0.3 is 0 Å². The third-order valence-electron chi connectivity index (χ3n) is 5.05. The predicted octanol–water partition coefficient (Wildman–Crippen LogP) is 3.29. The van der Waals surface area contributed by atoms with Crippen LogP contribution in [0.25, 0.3) is 0 Å². The van der Waals surface area contributed by atoms with Gasteiger partial charge < -0.3 is 5.73 Å². The summed E-state index contributed by atoms with van der Waals surface area (Å²) in [5.74, 6) is 0.667. The van der Waals surface area contributed by atoms with Gasteiger partial charge in [0.05, 0.1) is 5.69 Å². The third kappa shape index (κ3) is 1.62. The maximum absolute atomic E-state index is 5.92. The molecule has 2 bridgehead atoms. The highest BCUT2D eigenvalue weighted by Gasteiger charge is 2.43. The van der Waals surface area contributed by atoms with Crippen LogP contribution in [-0.2, 0) is 0 Å². The molecule has 2 atom stereocenters. The van der Waals surface area contributed by atoms with Gasteiger partial charge in [0.1, 0.15) is 0 Å². The van der Waals surface area contributed by atoms with Crippen molar-refractivity contribution in [2.75, 3.05) is 12.3 Å². The Kier molecular flexibility index (Phi) is 2.62. The first-order valence-corrected chi connectivity index (χ1v) is 8.16. The van der Waals surface area contributed by atoms with Crippen molar-refractivity contribution in [3.05, 3.63) is 10.6 Å². The molecule has 5 rings (SSSR count). The molecule has 2 unspecified atom stereocenters. The van der Waals surface area contributed by atoms with E-state index in [0.29, 0.717) is 12.0 Å². The van der Waals surface area contributed by atoms with E-state index in [1.807, 2.05) is 0 Å². The van der Waals surface area contributed by atoms with Crippen LogP contribution in [0.15, 0.2) is 0 Å². The van der Waals surface area contributed by atoms with Gasteiger partial charge in [-0.05, 0) is 25.7 Å². The Hall–Kier alpha value is -0.610. The van der Waals surface area contributed by atoms with E-state index in [1.165, 1.54) is 62.1 Å². The highest BCUT2D eigenvalue weighted by molar-refractivity contribution is 7.15. The number of aromatic nitrogens is 1. The number of hydrogen-bond acceptors (Lipinski definition) is 4. The molecule has 4 aliphatic rings. The molecule has 4 heteroatoms. The van der Waals surface area contributed by atoms with Crippen molar-refractivity contribution < 1.29 is 0 Å². The number of thiazole rings is 1. The second kappa shape index (κ2) is 4.20. The summed E-state index contributed by atoms with van der Waals surface area (Å²) in [6.07, 6.45) is 9.77. The number of nitrogen functional groups attached to an aromatic ring is 1. The topological polar surface area (TPSA) is 42.1 Å². The Labute approximate surface area is 112 Å². The molecule has 3 heterocycles. The van der Waals surface area contributed by atoms with E-state index in [4.69, 9.17) is 5.73 Å². The van der Waals surface area contributed by atoms with Gasteiger partial charge in [-0.25, -0.2) is 4.98 Å². The van der Waals surface area contributed by atoms with Crippen LogP contribution in [0.4, 0.5) is 5.13 Å². The van der Waals surface area contributed by atoms with Gasteiger partial charge in [0.25, 0.3) is 0 Å². The first-order valence-electron chi connectivity index (χ1n) is 7.35. The van der Waals surface area contributed by atoms with Crippen LogP contribution in [-0.4, -0.2) is 22.5 Å². The molecule has 2 aliphatic carbocycles. The van der Waals surface area contributed by atoms with Crippen molar-refractivity contribution >= 4 is 16.5 Å². The number of nitrogens with zero attached hydrogens (tertiary/aromatic N) is 2. The molecule has 1 aromatic heterocycles. The minimum atomic E-state index is 0.642. The number of hydrogen-bond donors (Lipinski definition) is 1. The maximum Gasteiger partial charge on any atom is 0.180 e. The SMILES string of the molecule is Nc1nc2c(s1)C1CCC2CN1C1CCCCC1. The summed E-state index contributed by atoms with van der Waals surface area (Å²) in [4.78, 5) is 8.88. The molecule has 1 saturated heterocycles. The maximum atomic E-state index is 5.92. The van der Waals surface area contributed by atoms with Crippen LogP contribution in [0.1, 0.15) is 67.5 Å². The minimum Gasteiger partial charge on any atom is -0.375 e. The van der Waals surface area contributed by atoms with Crippen molar-refractivity contribution in [1.29, 1.82) is 0 Å². The smallest absolute Gasteiger partial charge is 0.180 e. The van der Waals surface area contributed by atoms with Gasteiger partial charge in [0.2, 0.25) is 0 Å². The number of nitrogens with two attached hydrogens (primary N) is 1. The molecule has 0 amide bonds. The molecule has 1 aromatic rings. The van der Waals surface area contributed by atoms with Gasteiger partial charge in [-0.1, -0.05) is 19.3 Å².